The Kier molecular flexibility index (Phi) is 3.33. The number of hydrogen-bond acceptors (Lipinski definition) is 4. The van der Waals surface area contributed by atoms with E-state index < -0.39 is 5.97 Å². The van der Waals surface area contributed by atoms with E-state index in [1.165, 1.54) is 36.2 Å². The molecule has 1 heterocycles. The number of methoxy groups -OCH3 is 1. The molecule has 0 fully saturated rings. The Morgan fingerprint density at radius 1 is 1.56 bits per heavy atom. The fraction of sp³-hybridized carbons (Fsp3) is 0.0909. The van der Waals surface area contributed by atoms with Gasteiger partial charge in [-0.2, -0.15) is 0 Å². The van der Waals surface area contributed by atoms with E-state index in [1.807, 2.05) is 0 Å². The summed E-state index contributed by atoms with van der Waals surface area (Å²) in [4.78, 5) is 15.2. The lowest BCUT2D eigenvalue weighted by Gasteiger charge is -2.07. The number of imidazole rings is 1. The number of nitrogen functional groups attached to an aromatic ring is 1. The van der Waals surface area contributed by atoms with Gasteiger partial charge in [-0.3, -0.25) is 4.57 Å². The van der Waals surface area contributed by atoms with E-state index in [2.05, 4.69) is 25.7 Å². The molecule has 0 aliphatic carbocycles. The number of ether oxygens (including phenoxy) is 1. The Labute approximate surface area is 111 Å². The third-order valence-electron chi connectivity index (χ3n) is 2.35. The minimum absolute atomic E-state index is 0.0220. The van der Waals surface area contributed by atoms with Gasteiger partial charge in [-0.15, -0.1) is 0 Å². The van der Waals surface area contributed by atoms with Crippen LogP contribution in [-0.2, 0) is 4.74 Å². The minimum atomic E-state index is -0.621. The van der Waals surface area contributed by atoms with Gasteiger partial charge in [-0.1, -0.05) is 0 Å². The van der Waals surface area contributed by atoms with Crippen LogP contribution in [0.1, 0.15) is 10.5 Å². The van der Waals surface area contributed by atoms with Crippen LogP contribution in [0.2, 0.25) is 0 Å². The Morgan fingerprint density at radius 3 is 2.89 bits per heavy atom. The summed E-state index contributed by atoms with van der Waals surface area (Å²) in [5.74, 6) is -0.865. The number of esters is 1. The number of halogens is 2. The zero-order chi connectivity index (χ0) is 13.3. The van der Waals surface area contributed by atoms with Gasteiger partial charge in [0.2, 0.25) is 0 Å². The molecule has 0 atom stereocenters. The summed E-state index contributed by atoms with van der Waals surface area (Å²) in [5, 5.41) is 0. The predicted octanol–water partition coefficient (Wildman–Crippen LogP) is 2.14. The average Bonchev–Trinajstić information content (AvgIpc) is 2.70. The second kappa shape index (κ2) is 4.77. The third-order valence-corrected chi connectivity index (χ3v) is 2.99. The van der Waals surface area contributed by atoms with Crippen molar-refractivity contribution in [2.75, 3.05) is 12.8 Å². The van der Waals surface area contributed by atoms with Gasteiger partial charge in [-0.25, -0.2) is 14.2 Å². The number of nitrogens with two attached hydrogens (primary N) is 1. The van der Waals surface area contributed by atoms with Gasteiger partial charge < -0.3 is 10.5 Å². The normalized spacial score (nSPS) is 10.4. The van der Waals surface area contributed by atoms with E-state index in [0.717, 1.165) is 0 Å². The Balaban J connectivity index is 2.52. The maximum atomic E-state index is 13.0. The maximum absolute atomic E-state index is 13.0. The van der Waals surface area contributed by atoms with Gasteiger partial charge >= 0.3 is 5.97 Å². The number of aromatic nitrogens is 2. The highest BCUT2D eigenvalue weighted by atomic mass is 79.9. The van der Waals surface area contributed by atoms with Crippen LogP contribution in [0.25, 0.3) is 5.69 Å². The molecule has 18 heavy (non-hydrogen) atoms. The first-order chi connectivity index (χ1) is 8.54. The molecule has 1 aromatic carbocycles. The lowest BCUT2D eigenvalue weighted by Crippen LogP contribution is -2.07. The second-order valence-electron chi connectivity index (χ2n) is 3.44. The second-order valence-corrected chi connectivity index (χ2v) is 4.29. The molecular weight excluding hydrogens is 305 g/mol. The Hall–Kier alpha value is -1.89. The van der Waals surface area contributed by atoms with E-state index >= 15 is 0 Å². The highest BCUT2D eigenvalue weighted by Crippen LogP contribution is 2.25. The van der Waals surface area contributed by atoms with Crippen molar-refractivity contribution in [3.8, 4) is 5.69 Å². The average molecular weight is 314 g/mol. The summed E-state index contributed by atoms with van der Waals surface area (Å²) in [7, 11) is 1.24. The smallest absolute Gasteiger partial charge is 0.360 e. The van der Waals surface area contributed by atoms with E-state index in [-0.39, 0.29) is 17.3 Å². The monoisotopic (exact) mass is 313 g/mol. The number of rotatable bonds is 2. The molecule has 0 unspecified atom stereocenters. The fourth-order valence-electron chi connectivity index (χ4n) is 1.48. The molecule has 0 saturated heterocycles. The zero-order valence-corrected chi connectivity index (χ0v) is 10.9. The summed E-state index contributed by atoms with van der Waals surface area (Å²) < 4.78 is 19.5. The highest BCUT2D eigenvalue weighted by Gasteiger charge is 2.18. The lowest BCUT2D eigenvalue weighted by atomic mass is 10.3. The Morgan fingerprint density at radius 2 is 2.28 bits per heavy atom. The summed E-state index contributed by atoms with van der Waals surface area (Å²) in [6.07, 6.45) is 1.37. The Bertz CT molecular complexity index is 612. The van der Waals surface area contributed by atoms with Crippen molar-refractivity contribution in [1.82, 2.24) is 9.55 Å². The van der Waals surface area contributed by atoms with Crippen LogP contribution in [0.15, 0.2) is 29.0 Å². The first-order valence-corrected chi connectivity index (χ1v) is 5.70. The molecule has 0 aliphatic rings. The highest BCUT2D eigenvalue weighted by molar-refractivity contribution is 9.10. The molecule has 0 bridgehead atoms. The van der Waals surface area contributed by atoms with Gasteiger partial charge in [0.1, 0.15) is 18.0 Å². The van der Waals surface area contributed by atoms with Crippen LogP contribution in [0.3, 0.4) is 0 Å². The summed E-state index contributed by atoms with van der Waals surface area (Å²) in [6.45, 7) is 0. The largest absolute Gasteiger partial charge is 0.464 e. The molecule has 0 aliphatic heterocycles. The summed E-state index contributed by atoms with van der Waals surface area (Å²) >= 11 is 3.22. The molecule has 2 rings (SSSR count). The molecule has 2 N–H and O–H groups in total. The first kappa shape index (κ1) is 12.6. The minimum Gasteiger partial charge on any atom is -0.464 e. The van der Waals surface area contributed by atoms with Crippen LogP contribution in [0.4, 0.5) is 10.2 Å². The van der Waals surface area contributed by atoms with Crippen LogP contribution in [-0.4, -0.2) is 22.6 Å². The van der Waals surface area contributed by atoms with Crippen molar-refractivity contribution >= 4 is 27.7 Å². The van der Waals surface area contributed by atoms with Crippen molar-refractivity contribution in [1.29, 1.82) is 0 Å². The van der Waals surface area contributed by atoms with Crippen molar-refractivity contribution in [3.05, 3.63) is 40.5 Å². The van der Waals surface area contributed by atoms with Gasteiger partial charge in [0.25, 0.3) is 0 Å². The summed E-state index contributed by atoms with van der Waals surface area (Å²) in [6, 6.07) is 4.11. The van der Waals surface area contributed by atoms with Crippen molar-refractivity contribution in [2.45, 2.75) is 0 Å². The number of carbonyl (C=O) groups excluding carboxylic acids is 1. The molecular formula is C11H9BrFN3O2. The van der Waals surface area contributed by atoms with Gasteiger partial charge in [0.05, 0.1) is 12.8 Å². The van der Waals surface area contributed by atoms with E-state index in [0.29, 0.717) is 10.2 Å². The molecule has 0 spiro atoms. The molecule has 7 heteroatoms. The maximum Gasteiger partial charge on any atom is 0.360 e. The number of hydrogen-bond donors (Lipinski definition) is 1. The van der Waals surface area contributed by atoms with Gasteiger partial charge in [-0.05, 0) is 34.1 Å². The fourth-order valence-corrected chi connectivity index (χ4v) is 2.02. The van der Waals surface area contributed by atoms with Crippen LogP contribution in [0.5, 0.6) is 0 Å². The molecule has 0 amide bonds. The topological polar surface area (TPSA) is 70.1 Å². The summed E-state index contributed by atoms with van der Waals surface area (Å²) in [5.41, 5.74) is 6.41. The van der Waals surface area contributed by atoms with E-state index in [1.54, 1.807) is 0 Å². The third kappa shape index (κ3) is 2.08. The van der Waals surface area contributed by atoms with E-state index in [4.69, 9.17) is 5.73 Å². The molecule has 1 aromatic heterocycles. The van der Waals surface area contributed by atoms with Crippen LogP contribution >= 0.6 is 15.9 Å². The number of nitrogens with zero attached hydrogens (tertiary/aromatic N) is 2. The molecule has 0 saturated carbocycles. The van der Waals surface area contributed by atoms with Crippen molar-refractivity contribution < 1.29 is 13.9 Å². The van der Waals surface area contributed by atoms with E-state index in [9.17, 15) is 9.18 Å². The molecule has 0 radical (unpaired) electrons. The molecule has 2 aromatic rings. The lowest BCUT2D eigenvalue weighted by molar-refractivity contribution is 0.0596. The number of benzene rings is 1. The van der Waals surface area contributed by atoms with Crippen molar-refractivity contribution in [2.24, 2.45) is 0 Å². The van der Waals surface area contributed by atoms with Gasteiger partial charge in [0, 0.05) is 4.47 Å². The standard InChI is InChI=1S/C11H9BrFN3O2/c1-18-11(17)9-10(14)16(5-15-9)8-3-2-6(13)4-7(8)12/h2-5H,14H2,1H3. The SMILES string of the molecule is COC(=O)c1ncn(-c2ccc(F)cc2Br)c1N. The molecule has 5 nitrogen and oxygen atoms in total. The predicted molar refractivity (Wildman–Crippen MR) is 67.0 cm³/mol. The van der Waals surface area contributed by atoms with Gasteiger partial charge in [0.15, 0.2) is 5.69 Å². The first-order valence-electron chi connectivity index (χ1n) is 4.91. The quantitative estimate of drug-likeness (QED) is 0.862. The zero-order valence-electron chi connectivity index (χ0n) is 9.35. The number of anilines is 1. The number of carbonyl (C=O) groups is 1. The van der Waals surface area contributed by atoms with Crippen LogP contribution in [0, 0.1) is 5.82 Å². The van der Waals surface area contributed by atoms with Crippen molar-refractivity contribution in [3.63, 3.8) is 0 Å². The van der Waals surface area contributed by atoms with Crippen LogP contribution < -0.4 is 5.73 Å². The molecule has 94 valence electrons.